The van der Waals surface area contributed by atoms with Crippen molar-refractivity contribution in [3.05, 3.63) is 0 Å². The monoisotopic (exact) mass is 164 g/mol. The fourth-order valence-corrected chi connectivity index (χ4v) is 4.70. The molecule has 0 amide bonds. The van der Waals surface area contributed by atoms with Crippen molar-refractivity contribution in [3.8, 4) is 0 Å². The number of hydrogen-bond acceptors (Lipinski definition) is 0. The van der Waals surface area contributed by atoms with Crippen molar-refractivity contribution in [2.45, 2.75) is 45.4 Å². The smallest absolute Gasteiger partial charge is 0.0360 e. The molecule has 4 aliphatic carbocycles. The largest absolute Gasteiger partial charge is 0.0651 e. The summed E-state index contributed by atoms with van der Waals surface area (Å²) in [5, 5.41) is 0. The molecule has 0 heteroatoms. The Balaban J connectivity index is 1.86. The quantitative estimate of drug-likeness (QED) is 0.556. The minimum Gasteiger partial charge on any atom is -0.0651 e. The van der Waals surface area contributed by atoms with Gasteiger partial charge in [0.05, 0.1) is 0 Å². The fourth-order valence-electron chi connectivity index (χ4n) is 4.70. The average Bonchev–Trinajstić information content (AvgIpc) is 2.02. The second-order valence-electron chi connectivity index (χ2n) is 5.50. The molecule has 0 nitrogen and oxygen atoms in total. The van der Waals surface area contributed by atoms with Crippen LogP contribution in [0.4, 0.5) is 0 Å². The second kappa shape index (κ2) is 2.49. The van der Waals surface area contributed by atoms with Crippen molar-refractivity contribution in [2.24, 2.45) is 29.6 Å². The van der Waals surface area contributed by atoms with Crippen molar-refractivity contribution in [2.75, 3.05) is 0 Å². The Hall–Kier alpha value is 0. The lowest BCUT2D eigenvalue weighted by molar-refractivity contribution is -0.0376. The summed E-state index contributed by atoms with van der Waals surface area (Å²) < 4.78 is 0. The van der Waals surface area contributed by atoms with Gasteiger partial charge in [0.15, 0.2) is 0 Å². The predicted octanol–water partition coefficient (Wildman–Crippen LogP) is 3.47. The molecule has 0 aromatic rings. The molecule has 68 valence electrons. The summed E-state index contributed by atoms with van der Waals surface area (Å²) in [7, 11) is 0. The summed E-state index contributed by atoms with van der Waals surface area (Å²) in [6, 6.07) is 0. The molecule has 0 saturated heterocycles. The van der Waals surface area contributed by atoms with Crippen LogP contribution in [-0.2, 0) is 0 Å². The summed E-state index contributed by atoms with van der Waals surface area (Å²) in [5.74, 6) is 5.78. The highest BCUT2D eigenvalue weighted by atomic mass is 14.5. The predicted molar refractivity (Wildman–Crippen MR) is 50.8 cm³/mol. The average molecular weight is 164 g/mol. The summed E-state index contributed by atoms with van der Waals surface area (Å²) in [5.41, 5.74) is 0. The van der Waals surface area contributed by atoms with E-state index in [1.165, 1.54) is 6.42 Å². The molecule has 4 fully saturated rings. The van der Waals surface area contributed by atoms with E-state index in [9.17, 15) is 0 Å². The third-order valence-electron chi connectivity index (χ3n) is 4.89. The summed E-state index contributed by atoms with van der Waals surface area (Å²) >= 11 is 0. The Morgan fingerprint density at radius 3 is 1.75 bits per heavy atom. The molecule has 4 aliphatic rings. The molecule has 0 atom stereocenters. The van der Waals surface area contributed by atoms with E-state index in [-0.39, 0.29) is 0 Å². The molecule has 4 bridgehead atoms. The maximum absolute atomic E-state index is 2.41. The highest BCUT2D eigenvalue weighted by Crippen LogP contribution is 2.57. The Labute approximate surface area is 75.7 Å². The van der Waals surface area contributed by atoms with Crippen LogP contribution < -0.4 is 0 Å². The van der Waals surface area contributed by atoms with E-state index < -0.39 is 0 Å². The first-order valence-corrected chi connectivity index (χ1v) is 5.86. The molecule has 4 saturated carbocycles. The lowest BCUT2D eigenvalue weighted by Crippen LogP contribution is -2.44. The maximum atomic E-state index is 2.41. The van der Waals surface area contributed by atoms with Crippen LogP contribution in [0.5, 0.6) is 0 Å². The molecule has 0 aromatic heterocycles. The lowest BCUT2D eigenvalue weighted by Gasteiger charge is -2.54. The summed E-state index contributed by atoms with van der Waals surface area (Å²) in [6.45, 7) is 2.41. The maximum Gasteiger partial charge on any atom is -0.0360 e. The third kappa shape index (κ3) is 0.900. The van der Waals surface area contributed by atoms with Gasteiger partial charge in [0.25, 0.3) is 0 Å². The van der Waals surface area contributed by atoms with Crippen LogP contribution >= 0.6 is 0 Å². The zero-order chi connectivity index (χ0) is 8.13. The van der Waals surface area contributed by atoms with Crippen molar-refractivity contribution in [1.29, 1.82) is 0 Å². The van der Waals surface area contributed by atoms with Gasteiger partial charge in [0, 0.05) is 0 Å². The van der Waals surface area contributed by atoms with Gasteiger partial charge in [-0.15, -0.1) is 0 Å². The van der Waals surface area contributed by atoms with Gasteiger partial charge in [-0.3, -0.25) is 0 Å². The zero-order valence-electron chi connectivity index (χ0n) is 8.13. The molecular formula is C12H20. The molecule has 12 heavy (non-hydrogen) atoms. The van der Waals surface area contributed by atoms with Crippen LogP contribution in [0.3, 0.4) is 0 Å². The highest BCUT2D eigenvalue weighted by Gasteiger charge is 2.47. The Bertz CT molecular complexity index is 154. The number of rotatable bonds is 1. The van der Waals surface area contributed by atoms with Crippen molar-refractivity contribution < 1.29 is 0 Å². The molecule has 0 aliphatic heterocycles. The summed E-state index contributed by atoms with van der Waals surface area (Å²) in [6.07, 6.45) is 9.48. The van der Waals surface area contributed by atoms with Gasteiger partial charge in [-0.2, -0.15) is 0 Å². The van der Waals surface area contributed by atoms with Gasteiger partial charge in [0.1, 0.15) is 0 Å². The van der Waals surface area contributed by atoms with E-state index in [1.807, 2.05) is 0 Å². The zero-order valence-corrected chi connectivity index (χ0v) is 8.13. The van der Waals surface area contributed by atoms with E-state index in [0.717, 1.165) is 29.6 Å². The molecule has 0 unspecified atom stereocenters. The Morgan fingerprint density at radius 2 is 1.33 bits per heavy atom. The molecule has 0 N–H and O–H groups in total. The number of hydrogen-bond donors (Lipinski definition) is 0. The van der Waals surface area contributed by atoms with E-state index in [2.05, 4.69) is 6.92 Å². The van der Waals surface area contributed by atoms with Gasteiger partial charge in [-0.25, -0.2) is 0 Å². The second-order valence-corrected chi connectivity index (χ2v) is 5.50. The molecule has 0 heterocycles. The third-order valence-corrected chi connectivity index (χ3v) is 4.89. The highest BCUT2D eigenvalue weighted by molar-refractivity contribution is 4.97. The van der Waals surface area contributed by atoms with Crippen LogP contribution in [0.15, 0.2) is 0 Å². The SMILES string of the molecule is CCC1C2CC3CC(C2)CC1C3. The molecular weight excluding hydrogens is 144 g/mol. The van der Waals surface area contributed by atoms with Gasteiger partial charge in [0.2, 0.25) is 0 Å². The molecule has 4 rings (SSSR count). The first kappa shape index (κ1) is 7.41. The van der Waals surface area contributed by atoms with E-state index in [1.54, 1.807) is 32.1 Å². The van der Waals surface area contributed by atoms with Gasteiger partial charge in [-0.05, 0) is 61.7 Å². The van der Waals surface area contributed by atoms with Crippen molar-refractivity contribution >= 4 is 0 Å². The lowest BCUT2D eigenvalue weighted by atomic mass is 9.51. The van der Waals surface area contributed by atoms with Crippen LogP contribution in [0, 0.1) is 29.6 Å². The van der Waals surface area contributed by atoms with Crippen LogP contribution in [-0.4, -0.2) is 0 Å². The standard InChI is InChI=1S/C12H20/c1-2-12-10-4-8-3-9(6-10)7-11(12)5-8/h8-12H,2-7H2,1H3. The van der Waals surface area contributed by atoms with E-state index in [0.29, 0.717) is 0 Å². The van der Waals surface area contributed by atoms with Crippen LogP contribution in [0.25, 0.3) is 0 Å². The molecule has 0 spiro atoms. The first-order chi connectivity index (χ1) is 5.86. The van der Waals surface area contributed by atoms with E-state index >= 15 is 0 Å². The summed E-state index contributed by atoms with van der Waals surface area (Å²) in [4.78, 5) is 0. The van der Waals surface area contributed by atoms with Crippen molar-refractivity contribution in [3.63, 3.8) is 0 Å². The topological polar surface area (TPSA) is 0 Å². The fraction of sp³-hybridized carbons (Fsp3) is 1.00. The van der Waals surface area contributed by atoms with E-state index in [4.69, 9.17) is 0 Å². The van der Waals surface area contributed by atoms with Crippen LogP contribution in [0.1, 0.15) is 45.4 Å². The van der Waals surface area contributed by atoms with Gasteiger partial charge < -0.3 is 0 Å². The van der Waals surface area contributed by atoms with Crippen molar-refractivity contribution in [1.82, 2.24) is 0 Å². The van der Waals surface area contributed by atoms with Gasteiger partial charge >= 0.3 is 0 Å². The minimum absolute atomic E-state index is 1.14. The Morgan fingerprint density at radius 1 is 0.833 bits per heavy atom. The first-order valence-electron chi connectivity index (χ1n) is 5.86. The minimum atomic E-state index is 1.14. The molecule has 0 radical (unpaired) electrons. The Kier molecular flexibility index (Phi) is 1.54. The van der Waals surface area contributed by atoms with Crippen LogP contribution in [0.2, 0.25) is 0 Å². The normalized spacial score (nSPS) is 56.2. The molecule has 0 aromatic carbocycles. The van der Waals surface area contributed by atoms with Gasteiger partial charge in [-0.1, -0.05) is 13.3 Å².